The van der Waals surface area contributed by atoms with Gasteiger partial charge in [-0.2, -0.15) is 0 Å². The van der Waals surface area contributed by atoms with E-state index in [1.807, 2.05) is 30.3 Å². The fourth-order valence-corrected chi connectivity index (χ4v) is 5.24. The number of nitrogens with one attached hydrogen (secondary N) is 1. The van der Waals surface area contributed by atoms with Crippen molar-refractivity contribution < 1.29 is 18.0 Å². The molecule has 0 aliphatic heterocycles. The molecule has 0 spiro atoms. The number of rotatable bonds is 10. The highest BCUT2D eigenvalue weighted by Gasteiger charge is 2.32. The monoisotopic (exact) mass is 591 g/mol. The van der Waals surface area contributed by atoms with Gasteiger partial charge in [-0.1, -0.05) is 76.1 Å². The van der Waals surface area contributed by atoms with E-state index in [9.17, 15) is 18.0 Å². The molecule has 3 aromatic rings. The molecule has 10 heteroatoms. The van der Waals surface area contributed by atoms with Crippen LogP contribution in [0.1, 0.15) is 11.1 Å². The highest BCUT2D eigenvalue weighted by molar-refractivity contribution is 9.10. The van der Waals surface area contributed by atoms with Crippen LogP contribution in [0.2, 0.25) is 5.02 Å². The molecule has 3 rings (SSSR count). The Hall–Kier alpha value is -2.88. The lowest BCUT2D eigenvalue weighted by Gasteiger charge is -2.33. The number of anilines is 1. The van der Waals surface area contributed by atoms with E-state index in [4.69, 9.17) is 11.6 Å². The Kier molecular flexibility index (Phi) is 9.53. The number of halogens is 2. The summed E-state index contributed by atoms with van der Waals surface area (Å²) >= 11 is 9.52. The van der Waals surface area contributed by atoms with Gasteiger partial charge in [-0.05, 0) is 41.5 Å². The van der Waals surface area contributed by atoms with Crippen molar-refractivity contribution in [1.82, 2.24) is 10.2 Å². The van der Waals surface area contributed by atoms with E-state index in [1.165, 1.54) is 11.9 Å². The summed E-state index contributed by atoms with van der Waals surface area (Å²) in [5.41, 5.74) is 1.91. The van der Waals surface area contributed by atoms with E-state index < -0.39 is 28.5 Å². The maximum absolute atomic E-state index is 13.8. The molecule has 3 aromatic carbocycles. The molecular formula is C26H27BrClN3O4S. The molecule has 0 bridgehead atoms. The van der Waals surface area contributed by atoms with Gasteiger partial charge in [-0.3, -0.25) is 13.9 Å². The molecule has 1 N–H and O–H groups in total. The van der Waals surface area contributed by atoms with E-state index in [0.717, 1.165) is 16.1 Å². The molecule has 0 saturated heterocycles. The van der Waals surface area contributed by atoms with Crippen molar-refractivity contribution >= 4 is 55.1 Å². The van der Waals surface area contributed by atoms with Crippen molar-refractivity contribution in [1.29, 1.82) is 0 Å². The number of benzene rings is 3. The standard InChI is InChI=1S/C26H27BrClN3O4S/c1-29-26(33)24(15-19-8-4-3-5-9-19)30(17-20-10-6-12-22(28)14-20)25(32)18-31(36(2,34)35)23-13-7-11-21(27)16-23/h3-14,16,24H,15,17-18H2,1-2H3,(H,29,33)/t24-/m0/s1. The Balaban J connectivity index is 2.03. The quantitative estimate of drug-likeness (QED) is 0.381. The van der Waals surface area contributed by atoms with Crippen molar-refractivity contribution in [2.24, 2.45) is 0 Å². The fraction of sp³-hybridized carbons (Fsp3) is 0.231. The third-order valence-corrected chi connectivity index (χ3v) is 7.40. The molecule has 0 aliphatic rings. The van der Waals surface area contributed by atoms with Crippen molar-refractivity contribution in [2.75, 3.05) is 24.2 Å². The minimum atomic E-state index is -3.81. The zero-order valence-corrected chi connectivity index (χ0v) is 23.1. The van der Waals surface area contributed by atoms with E-state index >= 15 is 0 Å². The average Bonchev–Trinajstić information content (AvgIpc) is 2.84. The summed E-state index contributed by atoms with van der Waals surface area (Å²) in [4.78, 5) is 28.3. The van der Waals surface area contributed by atoms with Crippen molar-refractivity contribution in [2.45, 2.75) is 19.0 Å². The SMILES string of the molecule is CNC(=O)[C@H](Cc1ccccc1)N(Cc1cccc(Cl)c1)C(=O)CN(c1cccc(Br)c1)S(C)(=O)=O. The van der Waals surface area contributed by atoms with E-state index in [-0.39, 0.29) is 18.9 Å². The third-order valence-electron chi connectivity index (χ3n) is 5.53. The smallest absolute Gasteiger partial charge is 0.244 e. The lowest BCUT2D eigenvalue weighted by Crippen LogP contribution is -2.52. The van der Waals surface area contributed by atoms with Crippen LogP contribution in [0.25, 0.3) is 0 Å². The first-order valence-electron chi connectivity index (χ1n) is 11.1. The molecule has 0 aliphatic carbocycles. The Morgan fingerprint density at radius 3 is 2.25 bits per heavy atom. The Labute approximate surface area is 225 Å². The first-order valence-corrected chi connectivity index (χ1v) is 14.1. The second-order valence-electron chi connectivity index (χ2n) is 8.22. The van der Waals surface area contributed by atoms with Crippen LogP contribution in [0, 0.1) is 0 Å². The first kappa shape index (κ1) is 27.7. The van der Waals surface area contributed by atoms with Gasteiger partial charge >= 0.3 is 0 Å². The minimum Gasteiger partial charge on any atom is -0.357 e. The van der Waals surface area contributed by atoms with Gasteiger partial charge in [0, 0.05) is 29.5 Å². The van der Waals surface area contributed by atoms with Crippen LogP contribution in [0.5, 0.6) is 0 Å². The summed E-state index contributed by atoms with van der Waals surface area (Å²) < 4.78 is 27.1. The predicted molar refractivity (Wildman–Crippen MR) is 146 cm³/mol. The van der Waals surface area contributed by atoms with E-state index in [1.54, 1.807) is 48.5 Å². The largest absolute Gasteiger partial charge is 0.357 e. The molecule has 1 atom stereocenters. The number of amides is 2. The average molecular weight is 593 g/mol. The maximum atomic E-state index is 13.8. The third kappa shape index (κ3) is 7.56. The van der Waals surface area contributed by atoms with Gasteiger partial charge in [-0.15, -0.1) is 0 Å². The van der Waals surface area contributed by atoms with Crippen molar-refractivity contribution in [3.8, 4) is 0 Å². The van der Waals surface area contributed by atoms with Crippen LogP contribution < -0.4 is 9.62 Å². The maximum Gasteiger partial charge on any atom is 0.244 e. The zero-order valence-electron chi connectivity index (χ0n) is 19.9. The first-order chi connectivity index (χ1) is 17.1. The van der Waals surface area contributed by atoms with Crippen molar-refractivity contribution in [3.05, 3.63) is 99.5 Å². The number of carbonyl (C=O) groups excluding carboxylic acids is 2. The van der Waals surface area contributed by atoms with Gasteiger partial charge < -0.3 is 10.2 Å². The summed E-state index contributed by atoms with van der Waals surface area (Å²) in [6.45, 7) is -0.404. The molecule has 2 amide bonds. The molecule has 0 unspecified atom stereocenters. The van der Waals surface area contributed by atoms with E-state index in [0.29, 0.717) is 20.7 Å². The molecule has 36 heavy (non-hydrogen) atoms. The van der Waals surface area contributed by atoms with Crippen molar-refractivity contribution in [3.63, 3.8) is 0 Å². The van der Waals surface area contributed by atoms with Crippen LogP contribution >= 0.6 is 27.5 Å². The summed E-state index contributed by atoms with van der Waals surface area (Å²) in [7, 11) is -2.30. The summed E-state index contributed by atoms with van der Waals surface area (Å²) in [6, 6.07) is 22.1. The molecule has 190 valence electrons. The molecular weight excluding hydrogens is 566 g/mol. The topological polar surface area (TPSA) is 86.8 Å². The van der Waals surface area contributed by atoms with Crippen LogP contribution in [0.4, 0.5) is 5.69 Å². The minimum absolute atomic E-state index is 0.0698. The van der Waals surface area contributed by atoms with Crippen LogP contribution in [0.3, 0.4) is 0 Å². The molecule has 7 nitrogen and oxygen atoms in total. The Morgan fingerprint density at radius 1 is 0.972 bits per heavy atom. The predicted octanol–water partition coefficient (Wildman–Crippen LogP) is 4.25. The molecule has 0 saturated carbocycles. The van der Waals surface area contributed by atoms with Gasteiger partial charge in [0.25, 0.3) is 0 Å². The number of hydrogen-bond acceptors (Lipinski definition) is 4. The lowest BCUT2D eigenvalue weighted by molar-refractivity contribution is -0.139. The molecule has 0 fully saturated rings. The number of nitrogens with zero attached hydrogens (tertiary/aromatic N) is 2. The number of sulfonamides is 1. The van der Waals surface area contributed by atoms with Gasteiger partial charge in [0.15, 0.2) is 0 Å². The Morgan fingerprint density at radius 2 is 1.64 bits per heavy atom. The van der Waals surface area contributed by atoms with Gasteiger partial charge in [0.05, 0.1) is 11.9 Å². The van der Waals surface area contributed by atoms with Crippen LogP contribution in [-0.2, 0) is 32.6 Å². The zero-order chi connectivity index (χ0) is 26.3. The van der Waals surface area contributed by atoms with Gasteiger partial charge in [-0.25, -0.2) is 8.42 Å². The number of hydrogen-bond donors (Lipinski definition) is 1. The fourth-order valence-electron chi connectivity index (χ4n) is 3.80. The number of likely N-dealkylation sites (N-methyl/N-ethyl adjacent to an activating group) is 1. The summed E-state index contributed by atoms with van der Waals surface area (Å²) in [6.07, 6.45) is 1.30. The second-order valence-corrected chi connectivity index (χ2v) is 11.5. The van der Waals surface area contributed by atoms with Crippen LogP contribution in [0.15, 0.2) is 83.3 Å². The lowest BCUT2D eigenvalue weighted by atomic mass is 10.0. The summed E-state index contributed by atoms with van der Waals surface area (Å²) in [5.74, 6) is -0.882. The highest BCUT2D eigenvalue weighted by atomic mass is 79.9. The molecule has 0 heterocycles. The van der Waals surface area contributed by atoms with E-state index in [2.05, 4.69) is 21.2 Å². The van der Waals surface area contributed by atoms with Gasteiger partial charge in [0.1, 0.15) is 12.6 Å². The Bertz CT molecular complexity index is 1320. The normalized spacial score (nSPS) is 12.0. The highest BCUT2D eigenvalue weighted by Crippen LogP contribution is 2.24. The molecule has 0 aromatic heterocycles. The van der Waals surface area contributed by atoms with Gasteiger partial charge in [0.2, 0.25) is 21.8 Å². The second kappa shape index (κ2) is 12.4. The molecule has 0 radical (unpaired) electrons. The number of carbonyl (C=O) groups is 2. The van der Waals surface area contributed by atoms with Crippen LogP contribution in [-0.4, -0.2) is 51.0 Å². The summed E-state index contributed by atoms with van der Waals surface area (Å²) in [5, 5.41) is 3.14.